The Labute approximate surface area is 352 Å². The summed E-state index contributed by atoms with van der Waals surface area (Å²) in [7, 11) is 3.22. The van der Waals surface area contributed by atoms with Crippen LogP contribution >= 0.6 is 7.82 Å². The minimum atomic E-state index is -4.64. The third-order valence-corrected chi connectivity index (χ3v) is 14.6. The molecule has 2 aromatic carbocycles. The minimum absolute atomic E-state index is 0.00625. The molecule has 1 saturated carbocycles. The fourth-order valence-corrected chi connectivity index (χ4v) is 12.1. The maximum absolute atomic E-state index is 10.6. The highest BCUT2D eigenvalue weighted by Gasteiger charge is 2.66. The number of aliphatic hydroxyl groups is 6. The molecule has 9 aliphatic rings. The molecule has 2 aromatic rings. The number of piperidine rings is 2. The van der Waals surface area contributed by atoms with Gasteiger partial charge in [-0.05, 0) is 94.9 Å². The Morgan fingerprint density at radius 1 is 0.820 bits per heavy atom. The molecule has 0 unspecified atom stereocenters. The summed E-state index contributed by atoms with van der Waals surface area (Å²) in [6.45, 7) is 1.47. The number of hydrogen-bond donors (Lipinski definition) is 9. The number of benzene rings is 2. The lowest BCUT2D eigenvalue weighted by Crippen LogP contribution is -2.66. The molecule has 3 fully saturated rings. The molecular formula is C42H55N2O16P. The number of carbonyl (C=O) groups is 1. The molecule has 11 rings (SSSR count). The molecule has 4 bridgehead atoms. The van der Waals surface area contributed by atoms with Crippen LogP contribution in [0.3, 0.4) is 0 Å². The molecule has 334 valence electrons. The zero-order valence-electron chi connectivity index (χ0n) is 34.3. The molecule has 5 heterocycles. The number of aliphatic hydroxyl groups excluding tert-OH is 6. The SMILES string of the molecule is COc1ccc2c3c1O[C@H]1[C@@H](O)C=C[C@H]4[C@@H](C2)N(C)CC[C@@]341.COc1ccc2c3c1O[C@H]1[C@@H](O)CC[C@H]4[C@@H](C2)N(C)CC[C@@]341.O=C1O[C@H]([C@@H](O)CO)C(O)=C1O.O=P(O)(O)O. The minimum Gasteiger partial charge on any atom is -0.505 e. The van der Waals surface area contributed by atoms with Gasteiger partial charge in [0.1, 0.15) is 24.4 Å². The highest BCUT2D eigenvalue weighted by atomic mass is 31.2. The van der Waals surface area contributed by atoms with Gasteiger partial charge in [0.2, 0.25) is 5.76 Å². The fourth-order valence-electron chi connectivity index (χ4n) is 12.1. The summed E-state index contributed by atoms with van der Waals surface area (Å²) in [6.07, 6.45) is 6.45. The maximum atomic E-state index is 10.6. The van der Waals surface area contributed by atoms with Crippen LogP contribution in [0.2, 0.25) is 0 Å². The summed E-state index contributed by atoms with van der Waals surface area (Å²) in [6, 6.07) is 9.53. The Morgan fingerprint density at radius 3 is 1.92 bits per heavy atom. The summed E-state index contributed by atoms with van der Waals surface area (Å²) < 4.78 is 36.9. The molecule has 19 heteroatoms. The summed E-state index contributed by atoms with van der Waals surface area (Å²) in [5.74, 6) is 1.65. The topological polar surface area (TPSA) is 269 Å². The third-order valence-electron chi connectivity index (χ3n) is 14.6. The van der Waals surface area contributed by atoms with Crippen LogP contribution in [0.15, 0.2) is 47.9 Å². The van der Waals surface area contributed by atoms with E-state index < -0.39 is 50.2 Å². The van der Waals surface area contributed by atoms with E-state index in [2.05, 4.69) is 46.8 Å². The molecule has 4 aliphatic carbocycles. The van der Waals surface area contributed by atoms with Gasteiger partial charge >= 0.3 is 13.8 Å². The number of likely N-dealkylation sites (N-methyl/N-ethyl adjacent to an activating group) is 2. The van der Waals surface area contributed by atoms with Gasteiger partial charge < -0.3 is 78.8 Å². The summed E-state index contributed by atoms with van der Waals surface area (Å²) >= 11 is 0. The lowest BCUT2D eigenvalue weighted by molar-refractivity contribution is -0.147. The molecule has 0 aromatic heterocycles. The summed E-state index contributed by atoms with van der Waals surface area (Å²) in [5, 5.41) is 56.2. The van der Waals surface area contributed by atoms with Gasteiger partial charge in [-0.3, -0.25) is 0 Å². The van der Waals surface area contributed by atoms with Crippen LogP contribution < -0.4 is 18.9 Å². The number of esters is 1. The molecule has 2 spiro atoms. The molecule has 9 N–H and O–H groups in total. The number of nitrogens with zero attached hydrogens (tertiary/aromatic N) is 2. The zero-order chi connectivity index (χ0) is 43.9. The normalized spacial score (nSPS) is 35.9. The molecule has 61 heavy (non-hydrogen) atoms. The van der Waals surface area contributed by atoms with Gasteiger partial charge in [0.25, 0.3) is 0 Å². The number of rotatable bonds is 4. The first-order valence-electron chi connectivity index (χ1n) is 20.5. The first-order valence-corrected chi connectivity index (χ1v) is 22.1. The fraction of sp³-hybridized carbons (Fsp3) is 0.595. The Hall–Kier alpha value is -3.94. The largest absolute Gasteiger partial charge is 0.505 e. The number of ether oxygens (including phenoxy) is 5. The highest BCUT2D eigenvalue weighted by molar-refractivity contribution is 7.45. The number of hydrogen-bond acceptors (Lipinski definition) is 15. The van der Waals surface area contributed by atoms with Gasteiger partial charge in [-0.1, -0.05) is 24.3 Å². The van der Waals surface area contributed by atoms with E-state index in [1.54, 1.807) is 14.2 Å². The second-order valence-electron chi connectivity index (χ2n) is 17.4. The molecule has 5 aliphatic heterocycles. The number of methoxy groups -OCH3 is 2. The zero-order valence-corrected chi connectivity index (χ0v) is 35.2. The molecule has 2 saturated heterocycles. The van der Waals surface area contributed by atoms with E-state index >= 15 is 0 Å². The quantitative estimate of drug-likeness (QED) is 0.117. The summed E-state index contributed by atoms with van der Waals surface area (Å²) in [4.78, 5) is 37.1. The lowest BCUT2D eigenvalue weighted by Gasteiger charge is -2.58. The smallest absolute Gasteiger partial charge is 0.466 e. The van der Waals surface area contributed by atoms with E-state index in [4.69, 9.17) is 58.6 Å². The van der Waals surface area contributed by atoms with Crippen molar-refractivity contribution in [2.75, 3.05) is 48.0 Å². The van der Waals surface area contributed by atoms with Gasteiger partial charge in [-0.15, -0.1) is 0 Å². The van der Waals surface area contributed by atoms with E-state index in [0.29, 0.717) is 23.9 Å². The van der Waals surface area contributed by atoms with Crippen molar-refractivity contribution in [3.63, 3.8) is 0 Å². The monoisotopic (exact) mass is 874 g/mol. The van der Waals surface area contributed by atoms with E-state index in [9.17, 15) is 15.0 Å². The van der Waals surface area contributed by atoms with Gasteiger partial charge in [0.05, 0.1) is 26.9 Å². The van der Waals surface area contributed by atoms with E-state index in [0.717, 1.165) is 74.6 Å². The molecular weight excluding hydrogens is 819 g/mol. The van der Waals surface area contributed by atoms with Crippen molar-refractivity contribution in [3.05, 3.63) is 70.2 Å². The summed E-state index contributed by atoms with van der Waals surface area (Å²) in [5.41, 5.74) is 5.38. The second-order valence-corrected chi connectivity index (χ2v) is 18.4. The third kappa shape index (κ3) is 6.90. The maximum Gasteiger partial charge on any atom is 0.466 e. The average molecular weight is 875 g/mol. The second kappa shape index (κ2) is 16.0. The first-order chi connectivity index (χ1) is 28.9. The van der Waals surface area contributed by atoms with E-state index in [-0.39, 0.29) is 29.1 Å². The Morgan fingerprint density at radius 2 is 1.36 bits per heavy atom. The Kier molecular flexibility index (Phi) is 11.5. The van der Waals surface area contributed by atoms with Crippen LogP contribution in [-0.4, -0.2) is 158 Å². The van der Waals surface area contributed by atoms with Crippen molar-refractivity contribution in [2.24, 2.45) is 11.8 Å². The number of phosphoric acid groups is 1. The van der Waals surface area contributed by atoms with Gasteiger partial charge in [-0.2, -0.15) is 0 Å². The van der Waals surface area contributed by atoms with Crippen LogP contribution in [0.1, 0.15) is 47.9 Å². The van der Waals surface area contributed by atoms with E-state index in [1.165, 1.54) is 22.3 Å². The van der Waals surface area contributed by atoms with Crippen LogP contribution in [0, 0.1) is 11.8 Å². The van der Waals surface area contributed by atoms with Crippen molar-refractivity contribution in [3.8, 4) is 23.0 Å². The Balaban J connectivity index is 0.000000125. The number of likely N-dealkylation sites (tertiary alicyclic amines) is 2. The van der Waals surface area contributed by atoms with Crippen LogP contribution in [0.4, 0.5) is 0 Å². The Bertz CT molecular complexity index is 2140. The number of cyclic esters (lactones) is 1. The van der Waals surface area contributed by atoms with Crippen molar-refractivity contribution < 1.29 is 78.4 Å². The van der Waals surface area contributed by atoms with Gasteiger partial charge in [0, 0.05) is 40.0 Å². The molecule has 12 atom stereocenters. The predicted octanol–water partition coefficient (Wildman–Crippen LogP) is 0.890. The molecule has 0 radical (unpaired) electrons. The molecule has 0 amide bonds. The van der Waals surface area contributed by atoms with Gasteiger partial charge in [-0.25, -0.2) is 9.36 Å². The van der Waals surface area contributed by atoms with Crippen LogP contribution in [0.5, 0.6) is 23.0 Å². The van der Waals surface area contributed by atoms with Crippen LogP contribution in [-0.2, 0) is 37.8 Å². The predicted molar refractivity (Wildman–Crippen MR) is 215 cm³/mol. The van der Waals surface area contributed by atoms with E-state index in [1.807, 2.05) is 18.2 Å². The standard InChI is InChI=1S/C18H23NO3.C18H21NO3.C6H8O6.H3O4P/c2*1-19-8-7-18-11-4-5-13(20)17(18)22-16-14(21-2)6-3-10(15(16)18)9-12(11)19;7-1-2(8)5-3(9)4(10)6(11)12-5;1-5(2,3)4/h3,6,11-13,17,20H,4-5,7-9H2,1-2H3;3-6,11-13,17,20H,7-9H2,1-2H3;2,5,7-10H,1H2;(H3,1,2,3,4)/t2*11-,12+,13-,17-,18-;2-,5+;/m000./s1. The van der Waals surface area contributed by atoms with Crippen molar-refractivity contribution in [1.82, 2.24) is 9.80 Å². The first kappa shape index (κ1) is 43.7. The van der Waals surface area contributed by atoms with Crippen LogP contribution in [0.25, 0.3) is 0 Å². The highest BCUT2D eigenvalue weighted by Crippen LogP contribution is 2.64. The van der Waals surface area contributed by atoms with Crippen molar-refractivity contribution in [2.45, 2.75) is 98.1 Å². The molecule has 18 nitrogen and oxygen atoms in total. The lowest BCUT2D eigenvalue weighted by atomic mass is 9.51. The average Bonchev–Trinajstić information content (AvgIpc) is 3.86. The van der Waals surface area contributed by atoms with Crippen molar-refractivity contribution >= 4 is 13.8 Å². The van der Waals surface area contributed by atoms with Crippen molar-refractivity contribution in [1.29, 1.82) is 0 Å². The number of carbonyl (C=O) groups excluding carboxylic acids is 1. The van der Waals surface area contributed by atoms with Gasteiger partial charge in [0.15, 0.2) is 34.9 Å².